The van der Waals surface area contributed by atoms with Crippen molar-refractivity contribution in [1.29, 1.82) is 0 Å². The lowest BCUT2D eigenvalue weighted by molar-refractivity contribution is 0.0921. The Morgan fingerprint density at radius 3 is 3.00 bits per heavy atom. The summed E-state index contributed by atoms with van der Waals surface area (Å²) in [5, 5.41) is 15.0. The molecular weight excluding hydrogens is 186 g/mol. The average Bonchev–Trinajstić information content (AvgIpc) is 2.58. The van der Waals surface area contributed by atoms with Crippen LogP contribution in [0.3, 0.4) is 0 Å². The number of aliphatic hydroxyl groups is 1. The van der Waals surface area contributed by atoms with Gasteiger partial charge in [-0.25, -0.2) is 0 Å². The van der Waals surface area contributed by atoms with Crippen LogP contribution in [0.1, 0.15) is 12.2 Å². The molecule has 0 spiro atoms. The number of nitrogens with one attached hydrogen (secondary N) is 1. The van der Waals surface area contributed by atoms with Crippen LogP contribution in [0.25, 0.3) is 0 Å². The van der Waals surface area contributed by atoms with Gasteiger partial charge in [0.25, 0.3) is 0 Å². The van der Waals surface area contributed by atoms with Gasteiger partial charge in [-0.3, -0.25) is 0 Å². The lowest BCUT2D eigenvalue weighted by Crippen LogP contribution is -2.07. The van der Waals surface area contributed by atoms with Crippen LogP contribution in [-0.2, 0) is 4.74 Å². The zero-order valence-electron chi connectivity index (χ0n) is 8.19. The summed E-state index contributed by atoms with van der Waals surface area (Å²) in [5.74, 6) is 0.615. The quantitative estimate of drug-likeness (QED) is 0.613. The van der Waals surface area contributed by atoms with Crippen LogP contribution in [0.5, 0.6) is 0 Å². The fourth-order valence-corrected chi connectivity index (χ4v) is 0.905. The number of hydrogen-bond donors (Lipinski definition) is 2. The molecule has 0 saturated carbocycles. The van der Waals surface area contributed by atoms with E-state index in [1.807, 2.05) is 0 Å². The molecule has 1 heterocycles. The fourth-order valence-electron chi connectivity index (χ4n) is 0.905. The van der Waals surface area contributed by atoms with Crippen molar-refractivity contribution in [2.45, 2.75) is 13.3 Å². The summed E-state index contributed by atoms with van der Waals surface area (Å²) in [4.78, 5) is 3.97. The van der Waals surface area contributed by atoms with Gasteiger partial charge < -0.3 is 19.7 Å². The van der Waals surface area contributed by atoms with Crippen LogP contribution >= 0.6 is 0 Å². The molecule has 0 atom stereocenters. The van der Waals surface area contributed by atoms with E-state index in [4.69, 9.17) is 14.4 Å². The second kappa shape index (κ2) is 6.33. The minimum absolute atomic E-state index is 0.0658. The molecule has 0 amide bonds. The summed E-state index contributed by atoms with van der Waals surface area (Å²) in [7, 11) is 0. The monoisotopic (exact) mass is 201 g/mol. The Morgan fingerprint density at radius 1 is 1.50 bits per heavy atom. The van der Waals surface area contributed by atoms with E-state index >= 15 is 0 Å². The topological polar surface area (TPSA) is 80.4 Å². The highest BCUT2D eigenvalue weighted by Crippen LogP contribution is 2.01. The normalized spacial score (nSPS) is 10.4. The Hall–Kier alpha value is -1.14. The molecular formula is C8H15N3O3. The van der Waals surface area contributed by atoms with Crippen molar-refractivity contribution >= 4 is 6.01 Å². The maximum Gasteiger partial charge on any atom is 0.321 e. The molecule has 0 aromatic carbocycles. The highest BCUT2D eigenvalue weighted by atomic mass is 16.5. The third-order valence-electron chi connectivity index (χ3n) is 1.50. The molecule has 6 nitrogen and oxygen atoms in total. The molecule has 0 aliphatic rings. The van der Waals surface area contributed by atoms with E-state index in [2.05, 4.69) is 15.5 Å². The zero-order valence-corrected chi connectivity index (χ0v) is 8.19. The molecule has 80 valence electrons. The van der Waals surface area contributed by atoms with Crippen LogP contribution in [0.2, 0.25) is 0 Å². The van der Waals surface area contributed by atoms with Crippen LogP contribution in [0, 0.1) is 6.92 Å². The highest BCUT2D eigenvalue weighted by Gasteiger charge is 1.99. The molecule has 14 heavy (non-hydrogen) atoms. The molecule has 0 saturated heterocycles. The summed E-state index contributed by atoms with van der Waals surface area (Å²) >= 11 is 0. The summed E-state index contributed by atoms with van der Waals surface area (Å²) in [6.45, 7) is 3.54. The van der Waals surface area contributed by atoms with Crippen molar-refractivity contribution in [1.82, 2.24) is 10.1 Å². The van der Waals surface area contributed by atoms with Crippen LogP contribution in [0.4, 0.5) is 6.01 Å². The van der Waals surface area contributed by atoms with Gasteiger partial charge in [0.05, 0.1) is 13.2 Å². The van der Waals surface area contributed by atoms with Crippen molar-refractivity contribution in [2.75, 3.05) is 31.7 Å². The number of rotatable bonds is 7. The molecule has 0 aliphatic carbocycles. The van der Waals surface area contributed by atoms with Gasteiger partial charge in [0, 0.05) is 13.2 Å². The first-order chi connectivity index (χ1) is 6.83. The lowest BCUT2D eigenvalue weighted by atomic mass is 10.4. The standard InChI is InChI=1S/C8H15N3O3/c1-7-10-8(14-11-7)9-3-2-5-13-6-4-12/h12H,2-6H2,1H3,(H,9,10,11). The number of ether oxygens (including phenoxy) is 1. The molecule has 0 fully saturated rings. The third-order valence-corrected chi connectivity index (χ3v) is 1.50. The first kappa shape index (κ1) is 10.9. The molecule has 0 radical (unpaired) electrons. The van der Waals surface area contributed by atoms with Crippen molar-refractivity contribution in [3.8, 4) is 0 Å². The Labute approximate surface area is 82.3 Å². The van der Waals surface area contributed by atoms with E-state index in [0.29, 0.717) is 31.6 Å². The van der Waals surface area contributed by atoms with Gasteiger partial charge >= 0.3 is 6.01 Å². The Balaban J connectivity index is 1.99. The Kier molecular flexibility index (Phi) is 4.95. The second-order valence-electron chi connectivity index (χ2n) is 2.76. The molecule has 2 N–H and O–H groups in total. The van der Waals surface area contributed by atoms with Crippen molar-refractivity contribution in [3.05, 3.63) is 5.82 Å². The predicted molar refractivity (Wildman–Crippen MR) is 50.0 cm³/mol. The molecule has 0 aliphatic heterocycles. The largest absolute Gasteiger partial charge is 0.394 e. The lowest BCUT2D eigenvalue weighted by Gasteiger charge is -2.01. The maximum absolute atomic E-state index is 8.43. The van der Waals surface area contributed by atoms with E-state index in [0.717, 1.165) is 6.42 Å². The van der Waals surface area contributed by atoms with Gasteiger partial charge in [-0.2, -0.15) is 4.98 Å². The van der Waals surface area contributed by atoms with Crippen molar-refractivity contribution in [2.24, 2.45) is 0 Å². The predicted octanol–water partition coefficient (Wildman–Crippen LogP) is 0.189. The maximum atomic E-state index is 8.43. The molecule has 0 unspecified atom stereocenters. The van der Waals surface area contributed by atoms with Crippen LogP contribution in [-0.4, -0.2) is 41.6 Å². The van der Waals surface area contributed by atoms with Crippen LogP contribution < -0.4 is 5.32 Å². The van der Waals surface area contributed by atoms with E-state index < -0.39 is 0 Å². The highest BCUT2D eigenvalue weighted by molar-refractivity contribution is 5.17. The Morgan fingerprint density at radius 2 is 2.36 bits per heavy atom. The summed E-state index contributed by atoms with van der Waals surface area (Å²) in [5.41, 5.74) is 0. The van der Waals surface area contributed by atoms with Gasteiger partial charge in [0.15, 0.2) is 5.82 Å². The van der Waals surface area contributed by atoms with E-state index in [9.17, 15) is 0 Å². The number of aliphatic hydroxyl groups excluding tert-OH is 1. The van der Waals surface area contributed by atoms with Gasteiger partial charge in [0.2, 0.25) is 0 Å². The van der Waals surface area contributed by atoms with Crippen molar-refractivity contribution in [3.63, 3.8) is 0 Å². The van der Waals surface area contributed by atoms with E-state index in [-0.39, 0.29) is 6.61 Å². The number of nitrogens with zero attached hydrogens (tertiary/aromatic N) is 2. The van der Waals surface area contributed by atoms with Gasteiger partial charge in [-0.05, 0) is 13.3 Å². The number of aromatic nitrogens is 2. The van der Waals surface area contributed by atoms with Gasteiger partial charge in [-0.1, -0.05) is 5.16 Å². The first-order valence-corrected chi connectivity index (χ1v) is 4.55. The molecule has 0 bridgehead atoms. The number of aryl methyl sites for hydroxylation is 1. The molecule has 1 rings (SSSR count). The number of anilines is 1. The smallest absolute Gasteiger partial charge is 0.321 e. The SMILES string of the molecule is Cc1noc(NCCCOCCO)n1. The zero-order chi connectivity index (χ0) is 10.2. The van der Waals surface area contributed by atoms with Gasteiger partial charge in [-0.15, -0.1) is 0 Å². The number of hydrogen-bond acceptors (Lipinski definition) is 6. The van der Waals surface area contributed by atoms with E-state index in [1.165, 1.54) is 0 Å². The van der Waals surface area contributed by atoms with Crippen molar-refractivity contribution < 1.29 is 14.4 Å². The molecule has 6 heteroatoms. The first-order valence-electron chi connectivity index (χ1n) is 4.55. The van der Waals surface area contributed by atoms with Gasteiger partial charge in [0.1, 0.15) is 0 Å². The Bertz CT molecular complexity index is 252. The summed E-state index contributed by atoms with van der Waals surface area (Å²) in [6, 6.07) is 0.435. The van der Waals surface area contributed by atoms with Crippen LogP contribution in [0.15, 0.2) is 4.52 Å². The third kappa shape index (κ3) is 4.20. The molecule has 1 aromatic rings. The van der Waals surface area contributed by atoms with E-state index in [1.54, 1.807) is 6.92 Å². The molecule has 1 aromatic heterocycles. The summed E-state index contributed by atoms with van der Waals surface area (Å²) in [6.07, 6.45) is 0.835. The average molecular weight is 201 g/mol. The minimum atomic E-state index is 0.0658. The second-order valence-corrected chi connectivity index (χ2v) is 2.76. The minimum Gasteiger partial charge on any atom is -0.394 e. The fraction of sp³-hybridized carbons (Fsp3) is 0.750. The summed E-state index contributed by atoms with van der Waals surface area (Å²) < 4.78 is 9.91.